The summed E-state index contributed by atoms with van der Waals surface area (Å²) in [5, 5.41) is 5.88. The van der Waals surface area contributed by atoms with Gasteiger partial charge in [0.2, 0.25) is 0 Å². The number of alkyl halides is 3. The standard InChI is InChI=1S/C28H21ClF3N3O/c1-17-7-6-10-22-23(18(2)34(25(17)22)16-19-11-13-20(29)14-12-19)15-24-26(28(30,31)32)33-35(27(24)36)21-8-4-3-5-9-21/h3-15H,16H2,1-2H3/b24-15+. The van der Waals surface area contributed by atoms with E-state index in [1.54, 1.807) is 42.5 Å². The number of para-hydroxylation sites is 2. The molecular weight excluding hydrogens is 487 g/mol. The molecule has 1 aliphatic heterocycles. The molecule has 4 aromatic rings. The van der Waals surface area contributed by atoms with E-state index < -0.39 is 23.4 Å². The van der Waals surface area contributed by atoms with Crippen molar-refractivity contribution in [2.45, 2.75) is 26.6 Å². The van der Waals surface area contributed by atoms with E-state index in [0.29, 0.717) is 17.1 Å². The van der Waals surface area contributed by atoms with Crippen molar-refractivity contribution in [3.63, 3.8) is 0 Å². The van der Waals surface area contributed by atoms with Crippen molar-refractivity contribution in [2.24, 2.45) is 5.10 Å². The number of fused-ring (bicyclic) bond motifs is 1. The molecule has 0 saturated carbocycles. The molecule has 0 radical (unpaired) electrons. The van der Waals surface area contributed by atoms with E-state index in [1.165, 1.54) is 6.08 Å². The average Bonchev–Trinajstić information content (AvgIpc) is 3.32. The van der Waals surface area contributed by atoms with E-state index in [4.69, 9.17) is 11.6 Å². The Morgan fingerprint density at radius 3 is 2.31 bits per heavy atom. The van der Waals surface area contributed by atoms with Crippen LogP contribution in [0.2, 0.25) is 5.02 Å². The predicted octanol–water partition coefficient (Wildman–Crippen LogP) is 7.31. The first-order valence-corrected chi connectivity index (χ1v) is 11.6. The van der Waals surface area contributed by atoms with Crippen molar-refractivity contribution >= 4 is 45.9 Å². The summed E-state index contributed by atoms with van der Waals surface area (Å²) < 4.78 is 44.1. The van der Waals surface area contributed by atoms with Crippen LogP contribution >= 0.6 is 11.6 Å². The number of benzene rings is 3. The quantitative estimate of drug-likeness (QED) is 0.267. The Kier molecular flexibility index (Phi) is 5.96. The first-order valence-electron chi connectivity index (χ1n) is 11.3. The van der Waals surface area contributed by atoms with Crippen LogP contribution < -0.4 is 5.01 Å². The Labute approximate surface area is 210 Å². The number of carbonyl (C=O) groups excluding carboxylic acids is 1. The average molecular weight is 508 g/mol. The lowest BCUT2D eigenvalue weighted by Gasteiger charge is -2.11. The molecule has 0 N–H and O–H groups in total. The number of halogens is 4. The van der Waals surface area contributed by atoms with Crippen molar-refractivity contribution in [3.05, 3.63) is 106 Å². The van der Waals surface area contributed by atoms with Crippen LogP contribution in [-0.2, 0) is 11.3 Å². The Balaban J connectivity index is 1.68. The number of anilines is 1. The van der Waals surface area contributed by atoms with E-state index >= 15 is 0 Å². The highest BCUT2D eigenvalue weighted by Gasteiger charge is 2.47. The lowest BCUT2D eigenvalue weighted by Crippen LogP contribution is -2.25. The van der Waals surface area contributed by atoms with Crippen molar-refractivity contribution in [1.82, 2.24) is 4.57 Å². The number of aromatic nitrogens is 1. The van der Waals surface area contributed by atoms with Gasteiger partial charge < -0.3 is 4.57 Å². The molecule has 0 aliphatic carbocycles. The van der Waals surface area contributed by atoms with Crippen molar-refractivity contribution in [2.75, 3.05) is 5.01 Å². The molecule has 8 heteroatoms. The molecule has 2 heterocycles. The van der Waals surface area contributed by atoms with Crippen LogP contribution in [0.15, 0.2) is 83.5 Å². The first kappa shape index (κ1) is 23.9. The largest absolute Gasteiger partial charge is 0.435 e. The van der Waals surface area contributed by atoms with Crippen LogP contribution in [0.4, 0.5) is 18.9 Å². The van der Waals surface area contributed by atoms with Crippen LogP contribution in [0.25, 0.3) is 17.0 Å². The lowest BCUT2D eigenvalue weighted by atomic mass is 10.0. The smallest absolute Gasteiger partial charge is 0.340 e. The van der Waals surface area contributed by atoms with Gasteiger partial charge in [0.15, 0.2) is 5.71 Å². The van der Waals surface area contributed by atoms with Gasteiger partial charge in [0.1, 0.15) is 0 Å². The third-order valence-corrected chi connectivity index (χ3v) is 6.53. The summed E-state index contributed by atoms with van der Waals surface area (Å²) in [6, 6.07) is 21.2. The molecule has 5 rings (SSSR count). The second-order valence-corrected chi connectivity index (χ2v) is 9.08. The molecule has 1 aliphatic rings. The van der Waals surface area contributed by atoms with E-state index in [0.717, 1.165) is 32.7 Å². The van der Waals surface area contributed by atoms with Crippen molar-refractivity contribution in [3.8, 4) is 0 Å². The van der Waals surface area contributed by atoms with Crippen LogP contribution in [-0.4, -0.2) is 22.4 Å². The van der Waals surface area contributed by atoms with E-state index in [2.05, 4.69) is 9.67 Å². The maximum atomic E-state index is 14.0. The van der Waals surface area contributed by atoms with Crippen LogP contribution in [0.5, 0.6) is 0 Å². The van der Waals surface area contributed by atoms with Crippen molar-refractivity contribution < 1.29 is 18.0 Å². The molecule has 0 unspecified atom stereocenters. The zero-order valence-electron chi connectivity index (χ0n) is 19.5. The van der Waals surface area contributed by atoms with Gasteiger partial charge in [-0.3, -0.25) is 4.79 Å². The molecular formula is C28H21ClF3N3O. The molecule has 4 nitrogen and oxygen atoms in total. The van der Waals surface area contributed by atoms with Gasteiger partial charge in [0, 0.05) is 28.2 Å². The zero-order valence-corrected chi connectivity index (χ0v) is 20.2. The molecule has 1 aromatic heterocycles. The fraction of sp³-hybridized carbons (Fsp3) is 0.143. The van der Waals surface area contributed by atoms with Crippen LogP contribution in [0.1, 0.15) is 22.4 Å². The molecule has 0 saturated heterocycles. The van der Waals surface area contributed by atoms with Gasteiger partial charge in [-0.15, -0.1) is 0 Å². The third-order valence-electron chi connectivity index (χ3n) is 6.28. The number of aryl methyl sites for hydroxylation is 1. The van der Waals surface area contributed by atoms with Gasteiger partial charge in [0.05, 0.1) is 16.8 Å². The summed E-state index contributed by atoms with van der Waals surface area (Å²) in [6.07, 6.45) is -3.47. The molecule has 0 atom stereocenters. The maximum absolute atomic E-state index is 14.0. The number of hydrogen-bond donors (Lipinski definition) is 0. The van der Waals surface area contributed by atoms with Crippen LogP contribution in [0.3, 0.4) is 0 Å². The number of carbonyl (C=O) groups is 1. The summed E-state index contributed by atoms with van der Waals surface area (Å²) in [7, 11) is 0. The highest BCUT2D eigenvalue weighted by atomic mass is 35.5. The summed E-state index contributed by atoms with van der Waals surface area (Å²) >= 11 is 6.03. The number of amides is 1. The zero-order chi connectivity index (χ0) is 25.6. The first-order chi connectivity index (χ1) is 17.1. The molecule has 3 aromatic carbocycles. The van der Waals surface area contributed by atoms with Gasteiger partial charge in [0.25, 0.3) is 5.91 Å². The number of hydrogen-bond acceptors (Lipinski definition) is 2. The topological polar surface area (TPSA) is 37.6 Å². The summed E-state index contributed by atoms with van der Waals surface area (Å²) in [5.41, 5.74) is 2.74. The molecule has 0 spiro atoms. The predicted molar refractivity (Wildman–Crippen MR) is 137 cm³/mol. The van der Waals surface area contributed by atoms with Crippen molar-refractivity contribution in [1.29, 1.82) is 0 Å². The summed E-state index contributed by atoms with van der Waals surface area (Å²) in [5.74, 6) is -0.820. The molecule has 1 amide bonds. The van der Waals surface area contributed by atoms with Gasteiger partial charge in [-0.25, -0.2) is 0 Å². The maximum Gasteiger partial charge on any atom is 0.435 e. The van der Waals surface area contributed by atoms with E-state index in [1.807, 2.05) is 44.2 Å². The monoisotopic (exact) mass is 507 g/mol. The normalized spacial score (nSPS) is 15.3. The van der Waals surface area contributed by atoms with Crippen LogP contribution in [0, 0.1) is 13.8 Å². The molecule has 182 valence electrons. The number of rotatable bonds is 4. The van der Waals surface area contributed by atoms with Gasteiger partial charge in [-0.05, 0) is 55.3 Å². The molecule has 0 fully saturated rings. The highest BCUT2D eigenvalue weighted by molar-refractivity contribution is 6.34. The van der Waals surface area contributed by atoms with Gasteiger partial charge in [-0.2, -0.15) is 23.3 Å². The Morgan fingerprint density at radius 1 is 0.944 bits per heavy atom. The number of hydrazone groups is 1. The fourth-order valence-electron chi connectivity index (χ4n) is 4.54. The summed E-state index contributed by atoms with van der Waals surface area (Å²) in [6.45, 7) is 4.30. The SMILES string of the molecule is Cc1cccc2c(/C=C3/C(=O)N(c4ccccc4)N=C3C(F)(F)F)c(C)n(Cc3ccc(Cl)cc3)c12. The Bertz CT molecular complexity index is 1530. The minimum absolute atomic E-state index is 0.269. The molecule has 36 heavy (non-hydrogen) atoms. The Morgan fingerprint density at radius 2 is 1.64 bits per heavy atom. The third kappa shape index (κ3) is 4.20. The minimum atomic E-state index is -4.80. The lowest BCUT2D eigenvalue weighted by molar-refractivity contribution is -0.114. The minimum Gasteiger partial charge on any atom is -0.340 e. The molecule has 0 bridgehead atoms. The second-order valence-electron chi connectivity index (χ2n) is 8.64. The highest BCUT2D eigenvalue weighted by Crippen LogP contribution is 2.36. The number of nitrogens with zero attached hydrogens (tertiary/aromatic N) is 3. The summed E-state index contributed by atoms with van der Waals surface area (Å²) in [4.78, 5) is 13.2. The second kappa shape index (κ2) is 8.99. The van der Waals surface area contributed by atoms with E-state index in [-0.39, 0.29) is 5.69 Å². The Hall–Kier alpha value is -3.84. The van der Waals surface area contributed by atoms with Gasteiger partial charge >= 0.3 is 6.18 Å². The fourth-order valence-corrected chi connectivity index (χ4v) is 4.66. The van der Waals surface area contributed by atoms with E-state index in [9.17, 15) is 18.0 Å². The van der Waals surface area contributed by atoms with Gasteiger partial charge in [-0.1, -0.05) is 60.1 Å².